The molecule has 1 amide bonds. The summed E-state index contributed by atoms with van der Waals surface area (Å²) in [4.78, 5) is 13.0. The summed E-state index contributed by atoms with van der Waals surface area (Å²) in [6, 6.07) is 0. The number of ether oxygens (including phenoxy) is 2. The number of carbonyl (C=O) groups excluding carboxylic acids is 1. The van der Waals surface area contributed by atoms with Crippen LogP contribution in [0.15, 0.2) is 10.7 Å². The van der Waals surface area contributed by atoms with Crippen molar-refractivity contribution in [2.45, 2.75) is 59.4 Å². The predicted octanol–water partition coefficient (Wildman–Crippen LogP) is 2.69. The summed E-state index contributed by atoms with van der Waals surface area (Å²) in [5.41, 5.74) is 4.48. The molecule has 3 heterocycles. The fourth-order valence-corrected chi connectivity index (χ4v) is 3.50. The highest BCUT2D eigenvalue weighted by molar-refractivity contribution is 5.94. The van der Waals surface area contributed by atoms with E-state index >= 15 is 0 Å². The highest BCUT2D eigenvalue weighted by Crippen LogP contribution is 2.31. The highest BCUT2D eigenvalue weighted by atomic mass is 16.5. The van der Waals surface area contributed by atoms with Gasteiger partial charge in [-0.15, -0.1) is 0 Å². The Labute approximate surface area is 153 Å². The van der Waals surface area contributed by atoms with E-state index in [0.717, 1.165) is 28.1 Å². The first kappa shape index (κ1) is 18.7. The van der Waals surface area contributed by atoms with Gasteiger partial charge in [-0.1, -0.05) is 0 Å². The second kappa shape index (κ2) is 7.63. The van der Waals surface area contributed by atoms with Crippen molar-refractivity contribution in [3.8, 4) is 0 Å². The van der Waals surface area contributed by atoms with Gasteiger partial charge < -0.3 is 19.2 Å². The topological polar surface area (TPSA) is 78.5 Å². The van der Waals surface area contributed by atoms with Gasteiger partial charge in [0.1, 0.15) is 11.5 Å². The van der Waals surface area contributed by atoms with E-state index in [2.05, 4.69) is 10.4 Å². The molecule has 2 atom stereocenters. The third kappa shape index (κ3) is 3.54. The zero-order chi connectivity index (χ0) is 18.8. The Kier molecular flexibility index (Phi) is 5.48. The predicted molar refractivity (Wildman–Crippen MR) is 96.1 cm³/mol. The highest BCUT2D eigenvalue weighted by Gasteiger charge is 2.32. The van der Waals surface area contributed by atoms with Crippen molar-refractivity contribution < 1.29 is 18.7 Å². The number of aryl methyl sites for hydroxylation is 2. The van der Waals surface area contributed by atoms with Crippen molar-refractivity contribution in [3.05, 3.63) is 40.1 Å². The number of nitrogens with zero attached hydrogens (tertiary/aromatic N) is 2. The van der Waals surface area contributed by atoms with Gasteiger partial charge in [0.2, 0.25) is 0 Å². The van der Waals surface area contributed by atoms with Gasteiger partial charge in [-0.2, -0.15) is 5.10 Å². The number of hydrogen-bond donors (Lipinski definition) is 1. The fraction of sp³-hybridized carbons (Fsp3) is 0.579. The third-order valence-electron chi connectivity index (χ3n) is 4.86. The van der Waals surface area contributed by atoms with Gasteiger partial charge in [0, 0.05) is 31.2 Å². The number of rotatable bonds is 6. The minimum Gasteiger partial charge on any atom is -0.469 e. The van der Waals surface area contributed by atoms with Crippen LogP contribution >= 0.6 is 0 Å². The van der Waals surface area contributed by atoms with Gasteiger partial charge in [-0.05, 0) is 33.3 Å². The van der Waals surface area contributed by atoms with Crippen LogP contribution in [0.25, 0.3) is 0 Å². The quantitative estimate of drug-likeness (QED) is 0.856. The molecule has 0 aliphatic carbocycles. The molecule has 0 spiro atoms. The molecule has 0 saturated carbocycles. The van der Waals surface area contributed by atoms with Gasteiger partial charge in [-0.25, -0.2) is 0 Å². The number of fused-ring (bicyclic) bond motifs is 1. The average Bonchev–Trinajstić information content (AvgIpc) is 3.11. The van der Waals surface area contributed by atoms with E-state index in [9.17, 15) is 4.79 Å². The summed E-state index contributed by atoms with van der Waals surface area (Å²) < 4.78 is 18.2. The van der Waals surface area contributed by atoms with Crippen LogP contribution in [0.5, 0.6) is 0 Å². The normalized spacial score (nSPS) is 19.4. The van der Waals surface area contributed by atoms with Gasteiger partial charge in [0.05, 0.1) is 37.3 Å². The van der Waals surface area contributed by atoms with Crippen molar-refractivity contribution >= 4 is 5.91 Å². The number of furan rings is 1. The van der Waals surface area contributed by atoms with E-state index in [-0.39, 0.29) is 18.1 Å². The van der Waals surface area contributed by atoms with E-state index in [4.69, 9.17) is 13.9 Å². The van der Waals surface area contributed by atoms with Gasteiger partial charge in [-0.3, -0.25) is 9.48 Å². The molecule has 1 N–H and O–H groups in total. The largest absolute Gasteiger partial charge is 0.469 e. The van der Waals surface area contributed by atoms with Crippen LogP contribution in [0.2, 0.25) is 0 Å². The maximum absolute atomic E-state index is 13.0. The fourth-order valence-electron chi connectivity index (χ4n) is 3.50. The Hall–Kier alpha value is -2.12. The summed E-state index contributed by atoms with van der Waals surface area (Å²) in [6.07, 6.45) is 2.33. The van der Waals surface area contributed by atoms with Gasteiger partial charge in [0.15, 0.2) is 0 Å². The summed E-state index contributed by atoms with van der Waals surface area (Å²) in [5, 5.41) is 7.66. The Bertz CT molecular complexity index is 774. The van der Waals surface area contributed by atoms with Crippen LogP contribution in [-0.4, -0.2) is 35.5 Å². The molecule has 142 valence electrons. The summed E-state index contributed by atoms with van der Waals surface area (Å²) in [7, 11) is 1.64. The lowest BCUT2D eigenvalue weighted by molar-refractivity contribution is -0.00716. The molecule has 0 fully saturated rings. The second-order valence-corrected chi connectivity index (χ2v) is 6.86. The lowest BCUT2D eigenvalue weighted by Crippen LogP contribution is -2.29. The first-order chi connectivity index (χ1) is 12.4. The molecule has 7 nitrogen and oxygen atoms in total. The molecule has 3 rings (SSSR count). The minimum absolute atomic E-state index is 0.0579. The van der Waals surface area contributed by atoms with Crippen LogP contribution in [-0.2, 0) is 29.0 Å². The van der Waals surface area contributed by atoms with Crippen molar-refractivity contribution in [1.82, 2.24) is 15.1 Å². The first-order valence-electron chi connectivity index (χ1n) is 8.98. The molecular weight excluding hydrogens is 334 g/mol. The summed E-state index contributed by atoms with van der Waals surface area (Å²) >= 11 is 0. The molecule has 0 saturated heterocycles. The first-order valence-corrected chi connectivity index (χ1v) is 8.98. The zero-order valence-electron chi connectivity index (χ0n) is 16.1. The standard InChI is InChI=1S/C19H27N3O4/c1-11-10-25-13(3)16(11)9-20-19(23)18-15-8-12(2)26-14(4)17(15)21-22(18)6-7-24-5/h10,12,14H,6-9H2,1-5H3,(H,20,23)/t12-,14+/m0/s1. The Morgan fingerprint density at radius 1 is 1.42 bits per heavy atom. The number of carbonyl (C=O) groups is 1. The van der Waals surface area contributed by atoms with Crippen molar-refractivity contribution in [1.29, 1.82) is 0 Å². The average molecular weight is 361 g/mol. The van der Waals surface area contributed by atoms with Crippen LogP contribution in [0.1, 0.15) is 58.6 Å². The molecule has 26 heavy (non-hydrogen) atoms. The molecular formula is C19H27N3O4. The smallest absolute Gasteiger partial charge is 0.270 e. The van der Waals surface area contributed by atoms with E-state index < -0.39 is 0 Å². The van der Waals surface area contributed by atoms with E-state index in [1.54, 1.807) is 18.1 Å². The number of amides is 1. The van der Waals surface area contributed by atoms with Crippen LogP contribution in [0, 0.1) is 13.8 Å². The van der Waals surface area contributed by atoms with Crippen molar-refractivity contribution in [3.63, 3.8) is 0 Å². The number of nitrogens with one attached hydrogen (secondary N) is 1. The van der Waals surface area contributed by atoms with E-state index in [0.29, 0.717) is 31.8 Å². The molecule has 7 heteroatoms. The van der Waals surface area contributed by atoms with Crippen molar-refractivity contribution in [2.75, 3.05) is 13.7 Å². The van der Waals surface area contributed by atoms with Gasteiger partial charge in [0.25, 0.3) is 5.91 Å². The Balaban J connectivity index is 1.88. The van der Waals surface area contributed by atoms with Gasteiger partial charge >= 0.3 is 0 Å². The lowest BCUT2D eigenvalue weighted by atomic mass is 9.99. The molecule has 2 aromatic heterocycles. The monoisotopic (exact) mass is 361 g/mol. The Morgan fingerprint density at radius 2 is 2.19 bits per heavy atom. The SMILES string of the molecule is COCCn1nc2c(c1C(=O)NCc1c(C)coc1C)C[C@H](C)O[C@@H]2C. The maximum Gasteiger partial charge on any atom is 0.270 e. The maximum atomic E-state index is 13.0. The Morgan fingerprint density at radius 3 is 2.85 bits per heavy atom. The summed E-state index contributed by atoms with van der Waals surface area (Å²) in [6.45, 7) is 9.32. The van der Waals surface area contributed by atoms with Crippen LogP contribution in [0.4, 0.5) is 0 Å². The molecule has 0 aromatic carbocycles. The number of aromatic nitrogens is 2. The summed E-state index contributed by atoms with van der Waals surface area (Å²) in [5.74, 6) is 0.699. The number of methoxy groups -OCH3 is 1. The zero-order valence-corrected chi connectivity index (χ0v) is 16.1. The minimum atomic E-state index is -0.129. The van der Waals surface area contributed by atoms with E-state index in [1.165, 1.54) is 0 Å². The lowest BCUT2D eigenvalue weighted by Gasteiger charge is -2.24. The van der Waals surface area contributed by atoms with Crippen LogP contribution < -0.4 is 5.32 Å². The van der Waals surface area contributed by atoms with Crippen LogP contribution in [0.3, 0.4) is 0 Å². The molecule has 2 aromatic rings. The number of hydrogen-bond acceptors (Lipinski definition) is 5. The van der Waals surface area contributed by atoms with Crippen molar-refractivity contribution in [2.24, 2.45) is 0 Å². The third-order valence-corrected chi connectivity index (χ3v) is 4.86. The molecule has 0 radical (unpaired) electrons. The van der Waals surface area contributed by atoms with E-state index in [1.807, 2.05) is 27.7 Å². The molecule has 1 aliphatic heterocycles. The molecule has 0 unspecified atom stereocenters. The molecule has 0 bridgehead atoms. The molecule has 1 aliphatic rings. The second-order valence-electron chi connectivity index (χ2n) is 6.86.